The summed E-state index contributed by atoms with van der Waals surface area (Å²) >= 11 is 0. The van der Waals surface area contributed by atoms with Crippen LogP contribution in [0.25, 0.3) is 0 Å². The predicted molar refractivity (Wildman–Crippen MR) is 101 cm³/mol. The summed E-state index contributed by atoms with van der Waals surface area (Å²) in [5, 5.41) is 6.32. The highest BCUT2D eigenvalue weighted by molar-refractivity contribution is 5.98. The van der Waals surface area contributed by atoms with Gasteiger partial charge in [0.2, 0.25) is 5.91 Å². The Kier molecular flexibility index (Phi) is 7.29. The van der Waals surface area contributed by atoms with Gasteiger partial charge in [0.1, 0.15) is 5.75 Å². The van der Waals surface area contributed by atoms with Gasteiger partial charge >= 0.3 is 0 Å². The predicted octanol–water partition coefficient (Wildman–Crippen LogP) is 3.89. The number of hydrogen-bond acceptors (Lipinski definition) is 4. The van der Waals surface area contributed by atoms with Gasteiger partial charge in [0.15, 0.2) is 0 Å². The molecule has 0 heterocycles. The fourth-order valence-corrected chi connectivity index (χ4v) is 2.66. The molecule has 0 unspecified atom stereocenters. The smallest absolute Gasteiger partial charge is 0.231 e. The molecular weight excluding hydrogens is 316 g/mol. The quantitative estimate of drug-likeness (QED) is 0.679. The van der Waals surface area contributed by atoms with Crippen molar-refractivity contribution in [2.24, 2.45) is 0 Å². The first-order chi connectivity index (χ1) is 12.2. The van der Waals surface area contributed by atoms with Crippen LogP contribution < -0.4 is 15.4 Å². The minimum atomic E-state index is -0.210. The van der Waals surface area contributed by atoms with Crippen LogP contribution in [-0.2, 0) is 9.53 Å². The molecule has 0 saturated carbocycles. The highest BCUT2D eigenvalue weighted by Gasteiger charge is 2.19. The van der Waals surface area contributed by atoms with E-state index in [-0.39, 0.29) is 11.8 Å². The second kappa shape index (κ2) is 9.69. The molecule has 2 aromatic carbocycles. The third-order valence-corrected chi connectivity index (χ3v) is 4.05. The minimum absolute atomic E-state index is 0.0198. The van der Waals surface area contributed by atoms with Crippen molar-refractivity contribution in [3.8, 4) is 5.75 Å². The fraction of sp³-hybridized carbons (Fsp3) is 0.350. The van der Waals surface area contributed by atoms with Crippen LogP contribution in [0.1, 0.15) is 24.8 Å². The van der Waals surface area contributed by atoms with E-state index in [0.29, 0.717) is 13.2 Å². The Morgan fingerprint density at radius 1 is 1.04 bits per heavy atom. The second-order valence-corrected chi connectivity index (χ2v) is 5.69. The topological polar surface area (TPSA) is 59.6 Å². The van der Waals surface area contributed by atoms with Crippen LogP contribution in [0.2, 0.25) is 0 Å². The Hall–Kier alpha value is -2.53. The maximum Gasteiger partial charge on any atom is 0.231 e. The summed E-state index contributed by atoms with van der Waals surface area (Å²) in [6.45, 7) is 3.29. The summed E-state index contributed by atoms with van der Waals surface area (Å²) in [6, 6.07) is 15.3. The number of nitrogens with one attached hydrogen (secondary N) is 2. The number of carbonyl (C=O) groups excluding carboxylic acids is 1. The number of hydrogen-bond donors (Lipinski definition) is 2. The summed E-state index contributed by atoms with van der Waals surface area (Å²) in [5.74, 6) is 0.554. The van der Waals surface area contributed by atoms with Gasteiger partial charge in [0, 0.05) is 13.7 Å². The lowest BCUT2D eigenvalue weighted by molar-refractivity contribution is -0.117. The van der Waals surface area contributed by atoms with Crippen molar-refractivity contribution in [3.63, 3.8) is 0 Å². The Morgan fingerprint density at radius 2 is 1.72 bits per heavy atom. The van der Waals surface area contributed by atoms with Crippen LogP contribution in [0.5, 0.6) is 5.75 Å². The first-order valence-electron chi connectivity index (χ1n) is 8.46. The highest BCUT2D eigenvalue weighted by atomic mass is 16.5. The normalized spacial score (nSPS) is 11.6. The molecule has 0 aromatic heterocycles. The molecule has 1 atom stereocenters. The van der Waals surface area contributed by atoms with Gasteiger partial charge in [0.25, 0.3) is 0 Å². The molecule has 0 aliphatic rings. The Bertz CT molecular complexity index is 671. The van der Waals surface area contributed by atoms with Crippen molar-refractivity contribution in [1.82, 2.24) is 0 Å². The number of para-hydroxylation sites is 2. The van der Waals surface area contributed by atoms with E-state index in [0.717, 1.165) is 29.1 Å². The van der Waals surface area contributed by atoms with E-state index in [2.05, 4.69) is 10.6 Å². The molecule has 0 aliphatic carbocycles. The van der Waals surface area contributed by atoms with Crippen molar-refractivity contribution in [2.45, 2.75) is 19.3 Å². The lowest BCUT2D eigenvalue weighted by Gasteiger charge is -2.18. The monoisotopic (exact) mass is 342 g/mol. The van der Waals surface area contributed by atoms with E-state index >= 15 is 0 Å². The van der Waals surface area contributed by atoms with E-state index in [4.69, 9.17) is 9.47 Å². The second-order valence-electron chi connectivity index (χ2n) is 5.69. The SMILES string of the molecule is CC[C@@H](C(=O)Nc1ccccc1NCCOC)c1ccc(OC)cc1. The van der Waals surface area contributed by atoms with Crippen molar-refractivity contribution < 1.29 is 14.3 Å². The molecule has 0 fully saturated rings. The van der Waals surface area contributed by atoms with E-state index in [9.17, 15) is 4.79 Å². The molecular formula is C20H26N2O3. The van der Waals surface area contributed by atoms with Crippen LogP contribution in [0.3, 0.4) is 0 Å². The summed E-state index contributed by atoms with van der Waals surface area (Å²) in [6.07, 6.45) is 0.720. The van der Waals surface area contributed by atoms with E-state index in [1.165, 1.54) is 0 Å². The molecule has 2 N–H and O–H groups in total. The van der Waals surface area contributed by atoms with Crippen LogP contribution in [0.15, 0.2) is 48.5 Å². The van der Waals surface area contributed by atoms with Crippen LogP contribution in [0, 0.1) is 0 Å². The zero-order valence-electron chi connectivity index (χ0n) is 15.0. The summed E-state index contributed by atoms with van der Waals surface area (Å²) in [4.78, 5) is 12.8. The van der Waals surface area contributed by atoms with Gasteiger partial charge in [-0.2, -0.15) is 0 Å². The van der Waals surface area contributed by atoms with E-state index in [1.54, 1.807) is 14.2 Å². The molecule has 1 amide bonds. The van der Waals surface area contributed by atoms with Gasteiger partial charge in [-0.05, 0) is 36.2 Å². The zero-order chi connectivity index (χ0) is 18.1. The molecule has 0 saturated heterocycles. The average Bonchev–Trinajstić information content (AvgIpc) is 2.64. The van der Waals surface area contributed by atoms with Crippen LogP contribution in [-0.4, -0.2) is 33.3 Å². The number of rotatable bonds is 9. The summed E-state index contributed by atoms with van der Waals surface area (Å²) in [5.41, 5.74) is 2.64. The van der Waals surface area contributed by atoms with Gasteiger partial charge in [-0.3, -0.25) is 4.79 Å². The first-order valence-corrected chi connectivity index (χ1v) is 8.46. The average molecular weight is 342 g/mol. The molecule has 2 aromatic rings. The Balaban J connectivity index is 2.11. The summed E-state index contributed by atoms with van der Waals surface area (Å²) < 4.78 is 10.2. The standard InChI is InChI=1S/C20H26N2O3/c1-4-17(15-9-11-16(25-3)12-10-15)20(23)22-19-8-6-5-7-18(19)21-13-14-24-2/h5-12,17,21H,4,13-14H2,1-3H3,(H,22,23)/t17-/m1/s1. The lowest BCUT2D eigenvalue weighted by atomic mass is 9.95. The first kappa shape index (κ1) is 18.8. The van der Waals surface area contributed by atoms with Crippen LogP contribution in [0.4, 0.5) is 11.4 Å². The fourth-order valence-electron chi connectivity index (χ4n) is 2.66. The number of amides is 1. The number of methoxy groups -OCH3 is 2. The molecule has 2 rings (SSSR count). The van der Waals surface area contributed by atoms with E-state index < -0.39 is 0 Å². The van der Waals surface area contributed by atoms with Gasteiger partial charge in [-0.1, -0.05) is 31.2 Å². The van der Waals surface area contributed by atoms with Crippen molar-refractivity contribution in [1.29, 1.82) is 0 Å². The highest BCUT2D eigenvalue weighted by Crippen LogP contribution is 2.26. The van der Waals surface area contributed by atoms with Crippen molar-refractivity contribution in [2.75, 3.05) is 38.0 Å². The number of carbonyl (C=O) groups is 1. The molecule has 0 aliphatic heterocycles. The largest absolute Gasteiger partial charge is 0.497 e. The Morgan fingerprint density at radius 3 is 2.32 bits per heavy atom. The maximum absolute atomic E-state index is 12.8. The third-order valence-electron chi connectivity index (χ3n) is 4.05. The summed E-state index contributed by atoms with van der Waals surface area (Å²) in [7, 11) is 3.29. The van der Waals surface area contributed by atoms with Crippen molar-refractivity contribution in [3.05, 3.63) is 54.1 Å². The number of ether oxygens (including phenoxy) is 2. The van der Waals surface area contributed by atoms with Gasteiger partial charge in [0.05, 0.1) is 31.0 Å². The third kappa shape index (κ3) is 5.22. The number of anilines is 2. The van der Waals surface area contributed by atoms with Gasteiger partial charge < -0.3 is 20.1 Å². The Labute approximate surface area is 149 Å². The number of benzene rings is 2. The molecule has 0 spiro atoms. The molecule has 5 heteroatoms. The lowest BCUT2D eigenvalue weighted by Crippen LogP contribution is -2.21. The molecule has 0 bridgehead atoms. The maximum atomic E-state index is 12.8. The van der Waals surface area contributed by atoms with Gasteiger partial charge in [-0.15, -0.1) is 0 Å². The van der Waals surface area contributed by atoms with E-state index in [1.807, 2.05) is 55.5 Å². The molecule has 134 valence electrons. The molecule has 25 heavy (non-hydrogen) atoms. The van der Waals surface area contributed by atoms with Gasteiger partial charge in [-0.25, -0.2) is 0 Å². The molecule has 5 nitrogen and oxygen atoms in total. The minimum Gasteiger partial charge on any atom is -0.497 e. The zero-order valence-corrected chi connectivity index (χ0v) is 15.0. The van der Waals surface area contributed by atoms with Crippen LogP contribution >= 0.6 is 0 Å². The molecule has 0 radical (unpaired) electrons. The van der Waals surface area contributed by atoms with Crippen molar-refractivity contribution >= 4 is 17.3 Å².